The summed E-state index contributed by atoms with van der Waals surface area (Å²) in [5.41, 5.74) is 0.867. The second-order valence-corrected chi connectivity index (χ2v) is 8.31. The van der Waals surface area contributed by atoms with Gasteiger partial charge in [0.25, 0.3) is 6.43 Å². The standard InChI is InChI=1S/C22H24ClF2N3O/c23-18-3-5-19(6-4-18)28(14-15-1-2-15)22(29)16-8-11-27(12-9-16)20-13-17(21(24)25)7-10-26-20/h3-7,10,13,15-16,21H,1-2,8-9,11-12,14H2. The topological polar surface area (TPSA) is 36.4 Å². The minimum Gasteiger partial charge on any atom is -0.357 e. The van der Waals surface area contributed by atoms with E-state index in [1.54, 1.807) is 0 Å². The molecule has 1 aromatic carbocycles. The number of nitrogens with zero attached hydrogens (tertiary/aromatic N) is 3. The van der Waals surface area contributed by atoms with Crippen molar-refractivity contribution in [3.05, 3.63) is 53.2 Å². The Hall–Kier alpha value is -2.21. The Kier molecular flexibility index (Phi) is 5.99. The van der Waals surface area contributed by atoms with E-state index in [-0.39, 0.29) is 17.4 Å². The lowest BCUT2D eigenvalue weighted by atomic mass is 9.94. The first-order valence-corrected chi connectivity index (χ1v) is 10.4. The highest BCUT2D eigenvalue weighted by Crippen LogP contribution is 2.34. The highest BCUT2D eigenvalue weighted by atomic mass is 35.5. The number of halogens is 3. The Morgan fingerprint density at radius 1 is 1.14 bits per heavy atom. The second kappa shape index (κ2) is 8.66. The zero-order valence-electron chi connectivity index (χ0n) is 16.1. The van der Waals surface area contributed by atoms with Crippen LogP contribution < -0.4 is 9.80 Å². The fourth-order valence-corrected chi connectivity index (χ4v) is 3.95. The second-order valence-electron chi connectivity index (χ2n) is 7.88. The highest BCUT2D eigenvalue weighted by Gasteiger charge is 2.33. The summed E-state index contributed by atoms with van der Waals surface area (Å²) in [5.74, 6) is 1.21. The third-order valence-electron chi connectivity index (χ3n) is 5.73. The Labute approximate surface area is 174 Å². The molecule has 4 rings (SSSR count). The van der Waals surface area contributed by atoms with Crippen molar-refractivity contribution in [2.45, 2.75) is 32.1 Å². The molecular formula is C22H24ClF2N3O. The Morgan fingerprint density at radius 3 is 2.45 bits per heavy atom. The molecular weight excluding hydrogens is 396 g/mol. The number of benzene rings is 1. The number of alkyl halides is 2. The molecule has 0 radical (unpaired) electrons. The van der Waals surface area contributed by atoms with E-state index >= 15 is 0 Å². The van der Waals surface area contributed by atoms with Crippen LogP contribution in [0.25, 0.3) is 0 Å². The third-order valence-corrected chi connectivity index (χ3v) is 5.98. The maximum absolute atomic E-state index is 13.3. The van der Waals surface area contributed by atoms with E-state index in [1.165, 1.54) is 31.2 Å². The lowest BCUT2D eigenvalue weighted by Gasteiger charge is -2.35. The van der Waals surface area contributed by atoms with Crippen molar-refractivity contribution in [3.8, 4) is 0 Å². The van der Waals surface area contributed by atoms with Crippen LogP contribution in [0, 0.1) is 11.8 Å². The molecule has 0 N–H and O–H groups in total. The fourth-order valence-electron chi connectivity index (χ4n) is 3.82. The van der Waals surface area contributed by atoms with Crippen LogP contribution in [-0.2, 0) is 4.79 Å². The zero-order chi connectivity index (χ0) is 20.4. The van der Waals surface area contributed by atoms with E-state index in [1.807, 2.05) is 34.1 Å². The van der Waals surface area contributed by atoms with Crippen molar-refractivity contribution < 1.29 is 13.6 Å². The summed E-state index contributed by atoms with van der Waals surface area (Å²) in [6.07, 6.45) is 2.63. The largest absolute Gasteiger partial charge is 0.357 e. The predicted octanol–water partition coefficient (Wildman–Crippen LogP) is 5.33. The van der Waals surface area contributed by atoms with Gasteiger partial charge >= 0.3 is 0 Å². The SMILES string of the molecule is O=C(C1CCN(c2cc(C(F)F)ccn2)CC1)N(CC1CC1)c1ccc(Cl)cc1. The molecule has 2 aromatic rings. The molecule has 0 bridgehead atoms. The molecule has 2 aliphatic rings. The number of carbonyl (C=O) groups is 1. The first-order chi connectivity index (χ1) is 14.0. The van der Waals surface area contributed by atoms with Crippen molar-refractivity contribution in [2.75, 3.05) is 29.4 Å². The van der Waals surface area contributed by atoms with Crippen molar-refractivity contribution in [1.29, 1.82) is 0 Å². The normalized spacial score (nSPS) is 17.6. The molecule has 7 heteroatoms. The molecule has 4 nitrogen and oxygen atoms in total. The first kappa shape index (κ1) is 20.1. The van der Waals surface area contributed by atoms with E-state index in [0.29, 0.717) is 42.7 Å². The summed E-state index contributed by atoms with van der Waals surface area (Å²) < 4.78 is 25.9. The van der Waals surface area contributed by atoms with E-state index in [2.05, 4.69) is 4.98 Å². The van der Waals surface area contributed by atoms with Gasteiger partial charge in [0.15, 0.2) is 0 Å². The predicted molar refractivity (Wildman–Crippen MR) is 111 cm³/mol. The molecule has 154 valence electrons. The molecule has 2 fully saturated rings. The van der Waals surface area contributed by atoms with Crippen molar-refractivity contribution >= 4 is 29.0 Å². The van der Waals surface area contributed by atoms with Crippen LogP contribution in [0.5, 0.6) is 0 Å². The minimum absolute atomic E-state index is 0.0217. The van der Waals surface area contributed by atoms with Gasteiger partial charge in [-0.15, -0.1) is 0 Å². The maximum atomic E-state index is 13.3. The van der Waals surface area contributed by atoms with Gasteiger partial charge < -0.3 is 9.80 Å². The van der Waals surface area contributed by atoms with E-state index in [0.717, 1.165) is 12.2 Å². The molecule has 0 spiro atoms. The van der Waals surface area contributed by atoms with Crippen LogP contribution in [0.2, 0.25) is 5.02 Å². The van der Waals surface area contributed by atoms with E-state index in [4.69, 9.17) is 11.6 Å². The average Bonchev–Trinajstić information content (AvgIpc) is 3.57. The molecule has 1 saturated carbocycles. The molecule has 2 heterocycles. The molecule has 0 unspecified atom stereocenters. The van der Waals surface area contributed by atoms with Crippen LogP contribution in [-0.4, -0.2) is 30.5 Å². The molecule has 29 heavy (non-hydrogen) atoms. The fraction of sp³-hybridized carbons (Fsp3) is 0.455. The minimum atomic E-state index is -2.51. The molecule has 1 aromatic heterocycles. The van der Waals surface area contributed by atoms with Gasteiger partial charge in [-0.25, -0.2) is 13.8 Å². The van der Waals surface area contributed by atoms with Gasteiger partial charge in [-0.1, -0.05) is 11.6 Å². The van der Waals surface area contributed by atoms with Crippen LogP contribution in [0.1, 0.15) is 37.7 Å². The number of hydrogen-bond donors (Lipinski definition) is 0. The number of anilines is 2. The Balaban J connectivity index is 1.43. The number of pyridine rings is 1. The van der Waals surface area contributed by atoms with Crippen molar-refractivity contribution in [3.63, 3.8) is 0 Å². The van der Waals surface area contributed by atoms with Gasteiger partial charge in [0.2, 0.25) is 5.91 Å². The number of rotatable bonds is 6. The van der Waals surface area contributed by atoms with Gasteiger partial charge in [-0.2, -0.15) is 0 Å². The highest BCUT2D eigenvalue weighted by molar-refractivity contribution is 6.30. The first-order valence-electron chi connectivity index (χ1n) is 10.1. The number of carbonyl (C=O) groups excluding carboxylic acids is 1. The summed E-state index contributed by atoms with van der Waals surface area (Å²) >= 11 is 6.01. The molecule has 1 saturated heterocycles. The van der Waals surface area contributed by atoms with Crippen molar-refractivity contribution in [1.82, 2.24) is 4.98 Å². The van der Waals surface area contributed by atoms with Gasteiger partial charge in [0.1, 0.15) is 5.82 Å². The summed E-state index contributed by atoms with van der Waals surface area (Å²) in [6.45, 7) is 2.01. The monoisotopic (exact) mass is 419 g/mol. The van der Waals surface area contributed by atoms with E-state index in [9.17, 15) is 13.6 Å². The third kappa shape index (κ3) is 4.86. The average molecular weight is 420 g/mol. The Morgan fingerprint density at radius 2 is 1.83 bits per heavy atom. The van der Waals surface area contributed by atoms with Gasteiger partial charge in [-0.05, 0) is 68.0 Å². The summed E-state index contributed by atoms with van der Waals surface area (Å²) in [7, 11) is 0. The number of piperidine rings is 1. The van der Waals surface area contributed by atoms with Crippen LogP contribution in [0.15, 0.2) is 42.6 Å². The van der Waals surface area contributed by atoms with Crippen LogP contribution in [0.3, 0.4) is 0 Å². The smallest absolute Gasteiger partial charge is 0.264 e. The quantitative estimate of drug-likeness (QED) is 0.634. The zero-order valence-corrected chi connectivity index (χ0v) is 16.9. The summed E-state index contributed by atoms with van der Waals surface area (Å²) in [6, 6.07) is 10.2. The van der Waals surface area contributed by atoms with Gasteiger partial charge in [0.05, 0.1) is 0 Å². The lowest BCUT2D eigenvalue weighted by Crippen LogP contribution is -2.43. The van der Waals surface area contributed by atoms with Crippen molar-refractivity contribution in [2.24, 2.45) is 11.8 Å². The van der Waals surface area contributed by atoms with E-state index < -0.39 is 6.43 Å². The lowest BCUT2D eigenvalue weighted by molar-refractivity contribution is -0.123. The molecule has 1 aliphatic carbocycles. The molecule has 1 amide bonds. The number of aromatic nitrogens is 1. The number of hydrogen-bond acceptors (Lipinski definition) is 3. The van der Waals surface area contributed by atoms with Gasteiger partial charge in [-0.3, -0.25) is 4.79 Å². The van der Waals surface area contributed by atoms with Crippen LogP contribution in [0.4, 0.5) is 20.3 Å². The van der Waals surface area contributed by atoms with Crippen LogP contribution >= 0.6 is 11.6 Å². The summed E-state index contributed by atoms with van der Waals surface area (Å²) in [5, 5.41) is 0.652. The maximum Gasteiger partial charge on any atom is 0.264 e. The number of amides is 1. The molecule has 1 aliphatic heterocycles. The molecule has 0 atom stereocenters. The van der Waals surface area contributed by atoms with Gasteiger partial charge in [0, 0.05) is 48.0 Å². The summed E-state index contributed by atoms with van der Waals surface area (Å²) in [4.78, 5) is 21.4. The Bertz CT molecular complexity index is 849.